The van der Waals surface area contributed by atoms with Crippen molar-refractivity contribution in [3.05, 3.63) is 99.5 Å². The maximum atomic E-state index is 13.9. The van der Waals surface area contributed by atoms with Crippen LogP contribution in [0.3, 0.4) is 0 Å². The summed E-state index contributed by atoms with van der Waals surface area (Å²) in [6.45, 7) is 2.21. The monoisotopic (exact) mass is 570 g/mol. The number of aryl methyl sites for hydroxylation is 1. The Labute approximate surface area is 227 Å². The number of ether oxygens (including phenoxy) is 1. The Morgan fingerprint density at radius 2 is 1.38 bits per heavy atom. The molecular weight excluding hydrogens is 544 g/mol. The van der Waals surface area contributed by atoms with E-state index in [1.807, 2.05) is 31.2 Å². The summed E-state index contributed by atoms with van der Waals surface area (Å²) in [4.78, 5) is 11.1. The molecule has 0 aromatic heterocycles. The standard InChI is InChI=1S/C28H27Cl2F3O3S/c1-2-17-27(21-6-10-23(29)11-7-21,22-8-12-24(30)13-9-22)37(35)19-18-36-25-14-3-20(4-15-25)5-16-26(34)28(31,32)33/h3-4,6-15H,2,5,16-19H2,1H3. The summed E-state index contributed by atoms with van der Waals surface area (Å²) in [6, 6.07) is 21.2. The lowest BCUT2D eigenvalue weighted by Gasteiger charge is -2.34. The Balaban J connectivity index is 1.73. The minimum Gasteiger partial charge on any atom is -0.493 e. The van der Waals surface area contributed by atoms with E-state index in [1.165, 1.54) is 0 Å². The Bertz CT molecular complexity index is 1150. The van der Waals surface area contributed by atoms with E-state index in [4.69, 9.17) is 27.9 Å². The lowest BCUT2D eigenvalue weighted by atomic mass is 9.86. The Morgan fingerprint density at radius 1 is 0.865 bits per heavy atom. The van der Waals surface area contributed by atoms with Crippen molar-refractivity contribution in [3.63, 3.8) is 0 Å². The predicted molar refractivity (Wildman–Crippen MR) is 143 cm³/mol. The van der Waals surface area contributed by atoms with Crippen LogP contribution in [0, 0.1) is 0 Å². The van der Waals surface area contributed by atoms with Crippen LogP contribution in [-0.4, -0.2) is 28.5 Å². The van der Waals surface area contributed by atoms with Crippen LogP contribution < -0.4 is 4.74 Å². The van der Waals surface area contributed by atoms with Gasteiger partial charge < -0.3 is 4.74 Å². The molecule has 9 heteroatoms. The number of benzene rings is 3. The minimum atomic E-state index is -4.82. The van der Waals surface area contributed by atoms with E-state index >= 15 is 0 Å². The van der Waals surface area contributed by atoms with Gasteiger partial charge in [0, 0.05) is 27.3 Å². The van der Waals surface area contributed by atoms with Gasteiger partial charge in [0.15, 0.2) is 0 Å². The molecule has 0 saturated carbocycles. The molecule has 0 aliphatic rings. The van der Waals surface area contributed by atoms with E-state index in [0.717, 1.165) is 17.5 Å². The quantitative estimate of drug-likeness (QED) is 0.222. The number of halogens is 5. The molecule has 0 radical (unpaired) electrons. The Kier molecular flexibility index (Phi) is 10.2. The van der Waals surface area contributed by atoms with Crippen molar-refractivity contribution in [1.29, 1.82) is 0 Å². The molecule has 3 aromatic rings. The summed E-state index contributed by atoms with van der Waals surface area (Å²) in [5.41, 5.74) is 2.37. The first-order valence-electron chi connectivity index (χ1n) is 11.8. The molecule has 0 fully saturated rings. The zero-order valence-corrected chi connectivity index (χ0v) is 22.5. The second kappa shape index (κ2) is 12.9. The zero-order valence-electron chi connectivity index (χ0n) is 20.2. The van der Waals surface area contributed by atoms with Crippen LogP contribution in [0.25, 0.3) is 0 Å². The van der Waals surface area contributed by atoms with Crippen LogP contribution in [-0.2, 0) is 26.8 Å². The van der Waals surface area contributed by atoms with Gasteiger partial charge in [-0.3, -0.25) is 9.00 Å². The largest absolute Gasteiger partial charge is 0.493 e. The third-order valence-corrected chi connectivity index (χ3v) is 8.52. The van der Waals surface area contributed by atoms with Gasteiger partial charge in [-0.1, -0.05) is 72.9 Å². The molecule has 0 spiro atoms. The number of ketones is 1. The van der Waals surface area contributed by atoms with Crippen molar-refractivity contribution in [2.45, 2.75) is 43.5 Å². The summed E-state index contributed by atoms with van der Waals surface area (Å²) in [5, 5.41) is 1.18. The first-order valence-corrected chi connectivity index (χ1v) is 13.9. The zero-order chi connectivity index (χ0) is 27.1. The molecule has 0 amide bonds. The van der Waals surface area contributed by atoms with Crippen molar-refractivity contribution in [1.82, 2.24) is 0 Å². The number of carbonyl (C=O) groups is 1. The van der Waals surface area contributed by atoms with Crippen molar-refractivity contribution in [2.75, 3.05) is 12.4 Å². The first kappa shape index (κ1) is 29.2. The molecule has 0 saturated heterocycles. The molecule has 0 aliphatic carbocycles. The molecule has 1 atom stereocenters. The van der Waals surface area contributed by atoms with Gasteiger partial charge in [-0.25, -0.2) is 0 Å². The van der Waals surface area contributed by atoms with Gasteiger partial charge in [0.25, 0.3) is 0 Å². The van der Waals surface area contributed by atoms with Crippen molar-refractivity contribution in [2.24, 2.45) is 0 Å². The van der Waals surface area contributed by atoms with E-state index in [0.29, 0.717) is 27.8 Å². The van der Waals surface area contributed by atoms with E-state index in [2.05, 4.69) is 0 Å². The fourth-order valence-electron chi connectivity index (χ4n) is 4.18. The van der Waals surface area contributed by atoms with Crippen LogP contribution >= 0.6 is 23.2 Å². The first-order chi connectivity index (χ1) is 17.6. The summed E-state index contributed by atoms with van der Waals surface area (Å²) >= 11 is 12.2. The second-order valence-electron chi connectivity index (χ2n) is 8.55. The lowest BCUT2D eigenvalue weighted by Crippen LogP contribution is -2.35. The third kappa shape index (κ3) is 7.59. The fraction of sp³-hybridized carbons (Fsp3) is 0.321. The highest BCUT2D eigenvalue weighted by atomic mass is 35.5. The summed E-state index contributed by atoms with van der Waals surface area (Å²) in [5.74, 6) is -0.998. The molecule has 3 aromatic carbocycles. The Hall–Kier alpha value is -2.35. The SMILES string of the molecule is CCCC(c1ccc(Cl)cc1)(c1ccc(Cl)cc1)S(=O)CCOc1ccc(CCC(=O)C(F)(F)F)cc1. The molecule has 0 aliphatic heterocycles. The molecule has 3 nitrogen and oxygen atoms in total. The molecule has 0 heterocycles. The van der Waals surface area contributed by atoms with Gasteiger partial charge in [0.1, 0.15) is 5.75 Å². The minimum absolute atomic E-state index is 0.00956. The van der Waals surface area contributed by atoms with E-state index in [1.54, 1.807) is 48.5 Å². The predicted octanol–water partition coefficient (Wildman–Crippen LogP) is 7.93. The van der Waals surface area contributed by atoms with Gasteiger partial charge in [-0.2, -0.15) is 13.2 Å². The van der Waals surface area contributed by atoms with Crippen LogP contribution in [0.1, 0.15) is 42.9 Å². The van der Waals surface area contributed by atoms with Gasteiger partial charge in [0.05, 0.1) is 17.1 Å². The number of alkyl halides is 3. The average Bonchev–Trinajstić information content (AvgIpc) is 2.87. The summed E-state index contributed by atoms with van der Waals surface area (Å²) in [7, 11) is -1.38. The van der Waals surface area contributed by atoms with Crippen LogP contribution in [0.5, 0.6) is 5.75 Å². The van der Waals surface area contributed by atoms with Gasteiger partial charge in [-0.15, -0.1) is 0 Å². The highest BCUT2D eigenvalue weighted by Crippen LogP contribution is 2.41. The van der Waals surface area contributed by atoms with Crippen molar-refractivity contribution in [3.8, 4) is 5.75 Å². The summed E-state index contributed by atoms with van der Waals surface area (Å²) < 4.78 is 56.2. The highest BCUT2D eigenvalue weighted by Gasteiger charge is 2.40. The Morgan fingerprint density at radius 3 is 1.84 bits per heavy atom. The van der Waals surface area contributed by atoms with Crippen molar-refractivity contribution >= 4 is 39.8 Å². The highest BCUT2D eigenvalue weighted by molar-refractivity contribution is 7.86. The molecule has 37 heavy (non-hydrogen) atoms. The molecule has 198 valence electrons. The van der Waals surface area contributed by atoms with Gasteiger partial charge >= 0.3 is 6.18 Å². The molecule has 0 bridgehead atoms. The average molecular weight is 571 g/mol. The maximum Gasteiger partial charge on any atom is 0.449 e. The number of Topliss-reactive ketones (excluding diaryl/α,β-unsaturated/α-hetero) is 1. The fourth-order valence-corrected chi connectivity index (χ4v) is 6.25. The summed E-state index contributed by atoms with van der Waals surface area (Å²) in [6.07, 6.45) is -4.00. The molecule has 3 rings (SSSR count). The van der Waals surface area contributed by atoms with Crippen LogP contribution in [0.15, 0.2) is 72.8 Å². The number of carbonyl (C=O) groups excluding carboxylic acids is 1. The molecule has 0 N–H and O–H groups in total. The van der Waals surface area contributed by atoms with E-state index < -0.39 is 33.9 Å². The van der Waals surface area contributed by atoms with Crippen LogP contribution in [0.2, 0.25) is 10.0 Å². The lowest BCUT2D eigenvalue weighted by molar-refractivity contribution is -0.171. The number of hydrogen-bond acceptors (Lipinski definition) is 3. The molecule has 1 unspecified atom stereocenters. The van der Waals surface area contributed by atoms with E-state index in [-0.39, 0.29) is 18.8 Å². The van der Waals surface area contributed by atoms with E-state index in [9.17, 15) is 22.2 Å². The number of hydrogen-bond donors (Lipinski definition) is 0. The van der Waals surface area contributed by atoms with Crippen LogP contribution in [0.4, 0.5) is 13.2 Å². The normalized spacial score (nSPS) is 12.8. The maximum absolute atomic E-state index is 13.9. The van der Waals surface area contributed by atoms with Gasteiger partial charge in [-0.05, 0) is 65.9 Å². The van der Waals surface area contributed by atoms with Crippen molar-refractivity contribution < 1.29 is 26.9 Å². The molecular formula is C28H27Cl2F3O3S. The van der Waals surface area contributed by atoms with Gasteiger partial charge in [0.2, 0.25) is 5.78 Å². The smallest absolute Gasteiger partial charge is 0.449 e. The topological polar surface area (TPSA) is 43.4 Å². The number of rotatable bonds is 12. The third-order valence-electron chi connectivity index (χ3n) is 6.03. The second-order valence-corrected chi connectivity index (χ2v) is 11.2.